The molecule has 1 aromatic heterocycles. The normalized spacial score (nSPS) is 15.9. The van der Waals surface area contributed by atoms with E-state index in [1.54, 1.807) is 14.0 Å². The number of anilines is 1. The van der Waals surface area contributed by atoms with Crippen LogP contribution in [0.5, 0.6) is 0 Å². The molecule has 1 aliphatic rings. The summed E-state index contributed by atoms with van der Waals surface area (Å²) < 4.78 is 41.1. The molecule has 1 heterocycles. The minimum absolute atomic E-state index is 0.00852. The van der Waals surface area contributed by atoms with E-state index in [1.807, 2.05) is 24.3 Å². The van der Waals surface area contributed by atoms with Crippen LogP contribution in [0.2, 0.25) is 0 Å². The molecule has 0 bridgehead atoms. The Morgan fingerprint density at radius 1 is 1.16 bits per heavy atom. The maximum absolute atomic E-state index is 13.4. The minimum Gasteiger partial charge on any atom is -0.348 e. The molecule has 1 aliphatic carbocycles. The van der Waals surface area contributed by atoms with Crippen LogP contribution in [0.1, 0.15) is 42.5 Å². The van der Waals surface area contributed by atoms with Gasteiger partial charge in [0, 0.05) is 5.56 Å². The molecule has 0 spiro atoms. The summed E-state index contributed by atoms with van der Waals surface area (Å²) in [5.41, 5.74) is 0.272. The molecule has 0 saturated carbocycles. The maximum atomic E-state index is 13.4. The van der Waals surface area contributed by atoms with Crippen molar-refractivity contribution in [3.05, 3.63) is 81.8 Å². The quantitative estimate of drug-likeness (QED) is 0.435. The van der Waals surface area contributed by atoms with Crippen LogP contribution < -0.4 is 21.5 Å². The van der Waals surface area contributed by atoms with Crippen molar-refractivity contribution in [2.24, 2.45) is 0 Å². The maximum Gasteiger partial charge on any atom is 0.416 e. The minimum atomic E-state index is -4.61. The van der Waals surface area contributed by atoms with Crippen molar-refractivity contribution in [2.75, 3.05) is 12.4 Å². The molecule has 2 atom stereocenters. The fraction of sp³-hybridized carbons (Fsp3) is 0.333. The predicted octanol–water partition coefficient (Wildman–Crippen LogP) is 3.67. The highest BCUT2D eigenvalue weighted by atomic mass is 19.4. The molecule has 1 unspecified atom stereocenters. The number of halogens is 3. The number of hydrogen-bond donors (Lipinski definition) is 3. The van der Waals surface area contributed by atoms with Crippen molar-refractivity contribution >= 4 is 17.5 Å². The van der Waals surface area contributed by atoms with Gasteiger partial charge >= 0.3 is 6.18 Å². The molecule has 4 rings (SSSR count). The fourth-order valence-electron chi connectivity index (χ4n) is 4.45. The van der Waals surface area contributed by atoms with Crippen molar-refractivity contribution in [1.29, 1.82) is 0 Å². The monoisotopic (exact) mass is 527 g/mol. The lowest BCUT2D eigenvalue weighted by molar-refractivity contribution is -0.137. The molecule has 200 valence electrons. The van der Waals surface area contributed by atoms with Crippen LogP contribution in [-0.4, -0.2) is 34.5 Å². The topological polar surface area (TPSA) is 105 Å². The zero-order valence-corrected chi connectivity index (χ0v) is 20.9. The van der Waals surface area contributed by atoms with Crippen molar-refractivity contribution < 1.29 is 22.8 Å². The van der Waals surface area contributed by atoms with Gasteiger partial charge in [-0.3, -0.25) is 19.0 Å². The third kappa shape index (κ3) is 5.94. The van der Waals surface area contributed by atoms with Gasteiger partial charge in [0.05, 0.1) is 23.8 Å². The number of alkyl halides is 3. The highest BCUT2D eigenvalue weighted by molar-refractivity contribution is 5.94. The van der Waals surface area contributed by atoms with Crippen LogP contribution in [0.15, 0.2) is 59.5 Å². The Morgan fingerprint density at radius 2 is 1.92 bits per heavy atom. The van der Waals surface area contributed by atoms with Gasteiger partial charge in [0.25, 0.3) is 5.56 Å². The number of carbonyl (C=O) groups excluding carboxylic acids is 2. The number of carbonyl (C=O) groups is 2. The third-order valence-corrected chi connectivity index (χ3v) is 6.59. The number of hydrogen-bond acceptors (Lipinski definition) is 5. The van der Waals surface area contributed by atoms with Crippen LogP contribution >= 0.6 is 0 Å². The van der Waals surface area contributed by atoms with Crippen molar-refractivity contribution in [1.82, 2.24) is 20.2 Å². The van der Waals surface area contributed by atoms with E-state index in [9.17, 15) is 27.6 Å². The summed E-state index contributed by atoms with van der Waals surface area (Å²) in [6.45, 7) is 1.09. The molecule has 2 aromatic carbocycles. The highest BCUT2D eigenvalue weighted by Crippen LogP contribution is 2.32. The molecule has 0 saturated heterocycles. The Balaban J connectivity index is 1.70. The summed E-state index contributed by atoms with van der Waals surface area (Å²) in [5, 5.41) is 8.17. The summed E-state index contributed by atoms with van der Waals surface area (Å²) in [6.07, 6.45) is -1.02. The van der Waals surface area contributed by atoms with Gasteiger partial charge in [-0.15, -0.1) is 0 Å². The molecule has 8 nitrogen and oxygen atoms in total. The Kier molecular flexibility index (Phi) is 7.96. The number of nitrogens with one attached hydrogen (secondary N) is 3. The summed E-state index contributed by atoms with van der Waals surface area (Å²) in [7, 11) is 1.57. The molecule has 38 heavy (non-hydrogen) atoms. The van der Waals surface area contributed by atoms with E-state index in [2.05, 4.69) is 20.9 Å². The number of amides is 2. The van der Waals surface area contributed by atoms with Gasteiger partial charge in [-0.25, -0.2) is 4.98 Å². The second-order valence-corrected chi connectivity index (χ2v) is 9.18. The fourth-order valence-corrected chi connectivity index (χ4v) is 4.45. The van der Waals surface area contributed by atoms with E-state index < -0.39 is 41.7 Å². The van der Waals surface area contributed by atoms with E-state index in [4.69, 9.17) is 0 Å². The zero-order valence-electron chi connectivity index (χ0n) is 20.9. The van der Waals surface area contributed by atoms with Gasteiger partial charge in [-0.2, -0.15) is 13.2 Å². The van der Waals surface area contributed by atoms with Crippen LogP contribution in [0, 0.1) is 0 Å². The van der Waals surface area contributed by atoms with Crippen LogP contribution in [-0.2, 0) is 28.7 Å². The van der Waals surface area contributed by atoms with Crippen molar-refractivity contribution in [3.63, 3.8) is 0 Å². The average Bonchev–Trinajstić information content (AvgIpc) is 2.90. The number of likely N-dealkylation sites (N-methyl/N-ethyl adjacent to an activating group) is 1. The number of aromatic nitrogens is 2. The SMILES string of the molecule is CN[C@@H](C)C(=O)Nc1cnc(-c2cccc(C(F)(F)F)c2)n(CC(=O)NC2CCCc3ccccc32)c1=O. The number of benzene rings is 2. The number of nitrogens with zero attached hydrogens (tertiary/aromatic N) is 2. The summed E-state index contributed by atoms with van der Waals surface area (Å²) >= 11 is 0. The molecular weight excluding hydrogens is 499 g/mol. The summed E-state index contributed by atoms with van der Waals surface area (Å²) in [4.78, 5) is 43.1. The highest BCUT2D eigenvalue weighted by Gasteiger charge is 2.31. The molecule has 0 radical (unpaired) electrons. The second kappa shape index (κ2) is 11.2. The van der Waals surface area contributed by atoms with Crippen molar-refractivity contribution in [2.45, 2.75) is 51.0 Å². The third-order valence-electron chi connectivity index (χ3n) is 6.59. The first kappa shape index (κ1) is 27.1. The lowest BCUT2D eigenvalue weighted by Gasteiger charge is -2.26. The molecular formula is C27H28F3N5O3. The summed E-state index contributed by atoms with van der Waals surface area (Å²) in [5.74, 6) is -1.14. The molecule has 3 N–H and O–H groups in total. The molecule has 3 aromatic rings. The Labute approximate surface area is 217 Å². The van der Waals surface area contributed by atoms with Crippen LogP contribution in [0.4, 0.5) is 18.9 Å². The molecule has 0 aliphatic heterocycles. The van der Waals surface area contributed by atoms with E-state index in [1.165, 1.54) is 12.1 Å². The molecule has 0 fully saturated rings. The van der Waals surface area contributed by atoms with Crippen molar-refractivity contribution in [3.8, 4) is 11.4 Å². The standard InChI is InChI=1S/C27H28F3N5O3/c1-16(31-2)25(37)34-22-14-32-24(18-9-5-10-19(13-18)27(28,29)30)35(26(22)38)15-23(36)33-21-12-6-8-17-7-3-4-11-20(17)21/h3-5,7,9-11,13-14,16,21,31H,6,8,12,15H2,1-2H3,(H,33,36)(H,34,37)/t16-,21?/m0/s1. The van der Waals surface area contributed by atoms with E-state index in [0.717, 1.165) is 46.9 Å². The smallest absolute Gasteiger partial charge is 0.348 e. The van der Waals surface area contributed by atoms with Crippen LogP contribution in [0.3, 0.4) is 0 Å². The van der Waals surface area contributed by atoms with E-state index >= 15 is 0 Å². The van der Waals surface area contributed by atoms with E-state index in [-0.39, 0.29) is 23.1 Å². The van der Waals surface area contributed by atoms with Gasteiger partial charge in [-0.1, -0.05) is 36.4 Å². The first-order valence-corrected chi connectivity index (χ1v) is 12.2. The van der Waals surface area contributed by atoms with Crippen LogP contribution in [0.25, 0.3) is 11.4 Å². The van der Waals surface area contributed by atoms with Gasteiger partial charge in [0.2, 0.25) is 11.8 Å². The Hall–Kier alpha value is -3.99. The number of aryl methyl sites for hydroxylation is 1. The summed E-state index contributed by atoms with van der Waals surface area (Å²) in [6, 6.07) is 11.3. The predicted molar refractivity (Wildman–Crippen MR) is 136 cm³/mol. The van der Waals surface area contributed by atoms with Gasteiger partial charge in [0.1, 0.15) is 18.1 Å². The Morgan fingerprint density at radius 3 is 2.66 bits per heavy atom. The van der Waals surface area contributed by atoms with Gasteiger partial charge < -0.3 is 16.0 Å². The van der Waals surface area contributed by atoms with Gasteiger partial charge in [-0.05, 0) is 56.5 Å². The number of rotatable bonds is 7. The number of fused-ring (bicyclic) bond motifs is 1. The Bertz CT molecular complexity index is 1400. The zero-order chi connectivity index (χ0) is 27.4. The lowest BCUT2D eigenvalue weighted by Crippen LogP contribution is -2.40. The lowest BCUT2D eigenvalue weighted by atomic mass is 9.88. The second-order valence-electron chi connectivity index (χ2n) is 9.18. The molecule has 2 amide bonds. The average molecular weight is 528 g/mol. The van der Waals surface area contributed by atoms with E-state index in [0.29, 0.717) is 6.42 Å². The first-order chi connectivity index (χ1) is 18.1. The van der Waals surface area contributed by atoms with Gasteiger partial charge in [0.15, 0.2) is 0 Å². The first-order valence-electron chi connectivity index (χ1n) is 12.2. The largest absolute Gasteiger partial charge is 0.416 e. The molecule has 11 heteroatoms.